The second kappa shape index (κ2) is 7.00. The van der Waals surface area contributed by atoms with Gasteiger partial charge in [-0.3, -0.25) is 9.69 Å². The van der Waals surface area contributed by atoms with Gasteiger partial charge >= 0.3 is 5.97 Å². The molecule has 5 nitrogen and oxygen atoms in total. The van der Waals surface area contributed by atoms with E-state index in [-0.39, 0.29) is 17.4 Å². The van der Waals surface area contributed by atoms with E-state index in [0.29, 0.717) is 6.04 Å². The summed E-state index contributed by atoms with van der Waals surface area (Å²) in [5, 5.41) is 28.0. The van der Waals surface area contributed by atoms with Gasteiger partial charge in [0.25, 0.3) is 0 Å². The van der Waals surface area contributed by atoms with Crippen LogP contribution >= 0.6 is 0 Å². The molecule has 0 radical (unpaired) electrons. The van der Waals surface area contributed by atoms with E-state index in [0.717, 1.165) is 36.1 Å². The molecule has 0 spiro atoms. The van der Waals surface area contributed by atoms with Crippen LogP contribution < -0.4 is 0 Å². The predicted molar refractivity (Wildman–Crippen MR) is 100 cm³/mol. The molecule has 0 unspecified atom stereocenters. The number of phenols is 2. The van der Waals surface area contributed by atoms with Crippen molar-refractivity contribution in [2.45, 2.75) is 32.7 Å². The molecule has 2 aromatic carbocycles. The maximum Gasteiger partial charge on any atom is 0.305 e. The summed E-state index contributed by atoms with van der Waals surface area (Å²) < 4.78 is 0. The summed E-state index contributed by atoms with van der Waals surface area (Å²) in [6.07, 6.45) is 1.94. The minimum absolute atomic E-state index is 0.0163. The molecule has 1 aliphatic heterocycles. The Bertz CT molecular complexity index is 844. The lowest BCUT2D eigenvalue weighted by molar-refractivity contribution is -0.140. The summed E-state index contributed by atoms with van der Waals surface area (Å²) in [5.74, 6) is -0.994. The molecule has 3 N–H and O–H groups in total. The van der Waals surface area contributed by atoms with Gasteiger partial charge in [0, 0.05) is 18.2 Å². The third-order valence-corrected chi connectivity index (χ3v) is 5.21. The van der Waals surface area contributed by atoms with E-state index < -0.39 is 5.97 Å². The van der Waals surface area contributed by atoms with Gasteiger partial charge in [0.1, 0.15) is 0 Å². The van der Waals surface area contributed by atoms with Crippen LogP contribution in [0.3, 0.4) is 0 Å². The first-order valence-corrected chi connectivity index (χ1v) is 8.90. The van der Waals surface area contributed by atoms with E-state index in [2.05, 4.69) is 30.1 Å². The number of benzene rings is 2. The van der Waals surface area contributed by atoms with Crippen molar-refractivity contribution in [1.82, 2.24) is 4.90 Å². The standard InChI is InChI=1S/C17H17NO2.C4H8O2/c1-18-8-7-10-3-2-4-12-15(10)13(18)9-11-5-6-14(19)17(20)16(11)12;1-3(2)4(5)6/h2-6,13,19-20H,7-9H2,1H3;3H,1-2H3,(H,5,6)/t13-;/m1./s1. The van der Waals surface area contributed by atoms with Crippen LogP contribution in [0, 0.1) is 5.92 Å². The maximum absolute atomic E-state index is 10.3. The number of carboxylic acid groups (broad SMARTS) is 1. The molecule has 5 heteroatoms. The highest BCUT2D eigenvalue weighted by molar-refractivity contribution is 5.82. The number of carboxylic acids is 1. The highest BCUT2D eigenvalue weighted by Gasteiger charge is 2.34. The van der Waals surface area contributed by atoms with Crippen LogP contribution in [0.1, 0.15) is 36.6 Å². The summed E-state index contributed by atoms with van der Waals surface area (Å²) in [7, 11) is 2.16. The zero-order valence-electron chi connectivity index (χ0n) is 15.4. The highest BCUT2D eigenvalue weighted by Crippen LogP contribution is 2.49. The van der Waals surface area contributed by atoms with Gasteiger partial charge < -0.3 is 15.3 Å². The van der Waals surface area contributed by atoms with Crippen molar-refractivity contribution < 1.29 is 20.1 Å². The van der Waals surface area contributed by atoms with Gasteiger partial charge in [-0.25, -0.2) is 0 Å². The first-order chi connectivity index (χ1) is 12.3. The fourth-order valence-corrected chi connectivity index (χ4v) is 3.67. The number of rotatable bonds is 1. The number of hydrogen-bond donors (Lipinski definition) is 3. The Morgan fingerprint density at radius 3 is 2.50 bits per heavy atom. The molecule has 0 aromatic heterocycles. The van der Waals surface area contributed by atoms with Crippen molar-refractivity contribution in [2.24, 2.45) is 5.92 Å². The van der Waals surface area contributed by atoms with Crippen LogP contribution in [0.4, 0.5) is 0 Å². The minimum Gasteiger partial charge on any atom is -0.504 e. The maximum atomic E-state index is 10.3. The normalized spacial score (nSPS) is 17.8. The SMILES string of the molecule is CC(C)C(=O)O.CN1CCc2cccc3c2[C@H]1Cc1ccc(O)c(O)c1-3. The highest BCUT2D eigenvalue weighted by atomic mass is 16.4. The molecule has 0 saturated carbocycles. The molecule has 4 rings (SSSR count). The fraction of sp³-hybridized carbons (Fsp3) is 0.381. The first kappa shape index (κ1) is 18.3. The van der Waals surface area contributed by atoms with Gasteiger partial charge in [-0.2, -0.15) is 0 Å². The number of fused-ring (bicyclic) bond motifs is 2. The Hall–Kier alpha value is -2.53. The van der Waals surface area contributed by atoms with Crippen molar-refractivity contribution in [3.63, 3.8) is 0 Å². The Balaban J connectivity index is 0.000000286. The van der Waals surface area contributed by atoms with Crippen molar-refractivity contribution in [1.29, 1.82) is 0 Å². The van der Waals surface area contributed by atoms with E-state index >= 15 is 0 Å². The predicted octanol–water partition coefficient (Wildman–Crippen LogP) is 3.58. The van der Waals surface area contributed by atoms with Crippen LogP contribution in [0.25, 0.3) is 11.1 Å². The van der Waals surface area contributed by atoms with E-state index in [4.69, 9.17) is 5.11 Å². The van der Waals surface area contributed by atoms with Crippen molar-refractivity contribution >= 4 is 5.97 Å². The molecule has 2 aliphatic rings. The van der Waals surface area contributed by atoms with E-state index in [1.165, 1.54) is 11.1 Å². The molecule has 138 valence electrons. The summed E-state index contributed by atoms with van der Waals surface area (Å²) in [5.41, 5.74) is 5.71. The van der Waals surface area contributed by atoms with Crippen molar-refractivity contribution in [3.8, 4) is 22.6 Å². The molecule has 26 heavy (non-hydrogen) atoms. The quantitative estimate of drug-likeness (QED) is 0.681. The molecular formula is C21H25NO4. The number of likely N-dealkylation sites (N-methyl/N-ethyl adjacent to an activating group) is 1. The monoisotopic (exact) mass is 355 g/mol. The number of hydrogen-bond acceptors (Lipinski definition) is 4. The lowest BCUT2D eigenvalue weighted by Crippen LogP contribution is -2.35. The molecule has 1 heterocycles. The average Bonchev–Trinajstić information content (AvgIpc) is 2.61. The van der Waals surface area contributed by atoms with E-state index in [1.54, 1.807) is 19.9 Å². The molecule has 1 aliphatic carbocycles. The number of aromatic hydroxyl groups is 2. The number of aliphatic carboxylic acids is 1. The van der Waals surface area contributed by atoms with E-state index in [1.807, 2.05) is 6.07 Å². The Morgan fingerprint density at radius 2 is 1.85 bits per heavy atom. The smallest absolute Gasteiger partial charge is 0.305 e. The van der Waals surface area contributed by atoms with Crippen LogP contribution in [-0.2, 0) is 17.6 Å². The van der Waals surface area contributed by atoms with Gasteiger partial charge in [0.15, 0.2) is 11.5 Å². The Morgan fingerprint density at radius 1 is 1.15 bits per heavy atom. The number of nitrogens with zero attached hydrogens (tertiary/aromatic N) is 1. The molecule has 1 atom stereocenters. The Kier molecular flexibility index (Phi) is 4.92. The molecule has 0 amide bonds. The summed E-state index contributed by atoms with van der Waals surface area (Å²) in [6, 6.07) is 10.2. The average molecular weight is 355 g/mol. The minimum atomic E-state index is -0.741. The molecule has 0 fully saturated rings. The molecule has 2 aromatic rings. The van der Waals surface area contributed by atoms with Crippen LogP contribution in [0.15, 0.2) is 30.3 Å². The van der Waals surface area contributed by atoms with Gasteiger partial charge in [0.05, 0.1) is 5.92 Å². The van der Waals surface area contributed by atoms with E-state index in [9.17, 15) is 15.0 Å². The molecule has 0 bridgehead atoms. The Labute approximate surface area is 153 Å². The van der Waals surface area contributed by atoms with Gasteiger partial charge in [-0.15, -0.1) is 0 Å². The second-order valence-corrected chi connectivity index (χ2v) is 7.29. The zero-order valence-corrected chi connectivity index (χ0v) is 15.4. The van der Waals surface area contributed by atoms with Crippen LogP contribution in [0.2, 0.25) is 0 Å². The number of phenolic OH excluding ortho intramolecular Hbond substituents is 2. The molecular weight excluding hydrogens is 330 g/mol. The number of carbonyl (C=O) groups is 1. The second-order valence-electron chi connectivity index (χ2n) is 7.29. The summed E-state index contributed by atoms with van der Waals surface area (Å²) >= 11 is 0. The summed E-state index contributed by atoms with van der Waals surface area (Å²) in [4.78, 5) is 12.1. The fourth-order valence-electron chi connectivity index (χ4n) is 3.67. The van der Waals surface area contributed by atoms with Crippen LogP contribution in [-0.4, -0.2) is 39.8 Å². The largest absolute Gasteiger partial charge is 0.504 e. The third-order valence-electron chi connectivity index (χ3n) is 5.21. The summed E-state index contributed by atoms with van der Waals surface area (Å²) in [6.45, 7) is 4.35. The van der Waals surface area contributed by atoms with Crippen LogP contribution in [0.5, 0.6) is 11.5 Å². The topological polar surface area (TPSA) is 81.0 Å². The lowest BCUT2D eigenvalue weighted by Gasteiger charge is -2.39. The van der Waals surface area contributed by atoms with Crippen molar-refractivity contribution in [3.05, 3.63) is 47.0 Å². The third kappa shape index (κ3) is 3.15. The molecule has 0 saturated heterocycles. The van der Waals surface area contributed by atoms with Gasteiger partial charge in [-0.05, 0) is 48.2 Å². The van der Waals surface area contributed by atoms with Gasteiger partial charge in [0.2, 0.25) is 0 Å². The van der Waals surface area contributed by atoms with Gasteiger partial charge in [-0.1, -0.05) is 38.1 Å². The first-order valence-electron chi connectivity index (χ1n) is 8.90. The van der Waals surface area contributed by atoms with Crippen molar-refractivity contribution in [2.75, 3.05) is 13.6 Å². The zero-order chi connectivity index (χ0) is 19.0. The lowest BCUT2D eigenvalue weighted by atomic mass is 9.77.